The number of anilines is 1. The highest BCUT2D eigenvalue weighted by Gasteiger charge is 2.14. The monoisotopic (exact) mass is 178 g/mol. The maximum atomic E-state index is 12.0. The van der Waals surface area contributed by atoms with Crippen molar-refractivity contribution >= 4 is 17.3 Å². The second-order valence-corrected chi connectivity index (χ2v) is 2.28. The van der Waals surface area contributed by atoms with Gasteiger partial charge < -0.3 is 5.73 Å². The van der Waals surface area contributed by atoms with Crippen LogP contribution in [0, 0.1) is 0 Å². The van der Waals surface area contributed by atoms with Gasteiger partial charge in [-0.15, -0.1) is 0 Å². The Kier molecular flexibility index (Phi) is 2.24. The minimum atomic E-state index is -2.68. The molecule has 0 aliphatic carbocycles. The van der Waals surface area contributed by atoms with Gasteiger partial charge in [-0.25, -0.2) is 8.78 Å². The SMILES string of the molecule is Nc1ccnc(C(F)F)c1Cl. The second kappa shape index (κ2) is 3.00. The van der Waals surface area contributed by atoms with Crippen LogP contribution in [0.1, 0.15) is 12.1 Å². The number of nitrogen functional groups attached to an aromatic ring is 1. The van der Waals surface area contributed by atoms with Gasteiger partial charge in [-0.2, -0.15) is 0 Å². The Hall–Kier alpha value is -0.900. The summed E-state index contributed by atoms with van der Waals surface area (Å²) in [7, 11) is 0. The van der Waals surface area contributed by atoms with Crippen molar-refractivity contribution in [3.05, 3.63) is 23.0 Å². The largest absolute Gasteiger partial charge is 0.397 e. The fourth-order valence-corrected chi connectivity index (χ4v) is 0.822. The van der Waals surface area contributed by atoms with Crippen LogP contribution in [-0.4, -0.2) is 4.98 Å². The van der Waals surface area contributed by atoms with Gasteiger partial charge in [0.05, 0.1) is 10.7 Å². The summed E-state index contributed by atoms with van der Waals surface area (Å²) in [5, 5.41) is -0.164. The standard InChI is InChI=1S/C6H5ClF2N2/c7-4-3(10)1-2-11-5(4)6(8)9/h1-2,6H,(H2,10,11). The van der Waals surface area contributed by atoms with Crippen LogP contribution in [0.25, 0.3) is 0 Å². The van der Waals surface area contributed by atoms with Gasteiger partial charge in [0.1, 0.15) is 5.69 Å². The average molecular weight is 179 g/mol. The molecule has 11 heavy (non-hydrogen) atoms. The molecule has 1 aromatic heterocycles. The third-order valence-corrected chi connectivity index (χ3v) is 1.56. The minimum absolute atomic E-state index is 0.122. The number of nitrogens with zero attached hydrogens (tertiary/aromatic N) is 1. The topological polar surface area (TPSA) is 38.9 Å². The van der Waals surface area contributed by atoms with Gasteiger partial charge in [-0.05, 0) is 6.07 Å². The number of hydrogen-bond donors (Lipinski definition) is 1. The lowest BCUT2D eigenvalue weighted by Crippen LogP contribution is -1.95. The minimum Gasteiger partial charge on any atom is -0.397 e. The molecule has 1 heterocycles. The normalized spacial score (nSPS) is 10.5. The van der Waals surface area contributed by atoms with E-state index in [2.05, 4.69) is 4.98 Å². The highest BCUT2D eigenvalue weighted by atomic mass is 35.5. The lowest BCUT2D eigenvalue weighted by atomic mass is 10.3. The summed E-state index contributed by atoms with van der Waals surface area (Å²) < 4.78 is 24.0. The molecular formula is C6H5ClF2N2. The molecule has 0 atom stereocenters. The number of aromatic nitrogens is 1. The third-order valence-electron chi connectivity index (χ3n) is 1.15. The summed E-state index contributed by atoms with van der Waals surface area (Å²) in [6, 6.07) is 1.37. The molecule has 0 radical (unpaired) electrons. The Bertz CT molecular complexity index is 265. The van der Waals surface area contributed by atoms with E-state index in [1.807, 2.05) is 0 Å². The zero-order valence-electron chi connectivity index (χ0n) is 5.39. The van der Waals surface area contributed by atoms with Crippen LogP contribution in [0.15, 0.2) is 12.3 Å². The quantitative estimate of drug-likeness (QED) is 0.717. The Balaban J connectivity index is 3.17. The molecule has 0 amide bonds. The molecule has 0 unspecified atom stereocenters. The molecule has 2 nitrogen and oxygen atoms in total. The maximum absolute atomic E-state index is 12.0. The van der Waals surface area contributed by atoms with E-state index in [-0.39, 0.29) is 10.7 Å². The smallest absolute Gasteiger partial charge is 0.281 e. The van der Waals surface area contributed by atoms with Crippen LogP contribution in [-0.2, 0) is 0 Å². The van der Waals surface area contributed by atoms with E-state index in [4.69, 9.17) is 17.3 Å². The summed E-state index contributed by atoms with van der Waals surface area (Å²) in [5.74, 6) is 0. The van der Waals surface area contributed by atoms with E-state index >= 15 is 0 Å². The highest BCUT2D eigenvalue weighted by molar-refractivity contribution is 6.33. The molecule has 2 N–H and O–H groups in total. The van der Waals surface area contributed by atoms with E-state index in [9.17, 15) is 8.78 Å². The number of halogens is 3. The summed E-state index contributed by atoms with van der Waals surface area (Å²) in [5.41, 5.74) is 4.91. The Labute approximate surface area is 67.0 Å². The van der Waals surface area contributed by atoms with E-state index in [0.717, 1.165) is 0 Å². The van der Waals surface area contributed by atoms with Gasteiger partial charge >= 0.3 is 0 Å². The number of rotatable bonds is 1. The molecule has 0 aromatic carbocycles. The van der Waals surface area contributed by atoms with Gasteiger partial charge in [0.2, 0.25) is 0 Å². The summed E-state index contributed by atoms with van der Waals surface area (Å²) >= 11 is 5.42. The van der Waals surface area contributed by atoms with Gasteiger partial charge in [0.25, 0.3) is 6.43 Å². The van der Waals surface area contributed by atoms with E-state index in [1.165, 1.54) is 12.3 Å². The first kappa shape index (κ1) is 8.20. The summed E-state index contributed by atoms with van der Waals surface area (Å²) in [6.45, 7) is 0. The lowest BCUT2D eigenvalue weighted by Gasteiger charge is -2.02. The van der Waals surface area contributed by atoms with Crippen molar-refractivity contribution in [1.82, 2.24) is 4.98 Å². The first-order chi connectivity index (χ1) is 5.13. The summed E-state index contributed by atoms with van der Waals surface area (Å²) in [6.07, 6.45) is -1.48. The lowest BCUT2D eigenvalue weighted by molar-refractivity contribution is 0.146. The van der Waals surface area contributed by atoms with Crippen molar-refractivity contribution in [2.24, 2.45) is 0 Å². The first-order valence-corrected chi connectivity index (χ1v) is 3.18. The zero-order chi connectivity index (χ0) is 8.43. The highest BCUT2D eigenvalue weighted by Crippen LogP contribution is 2.28. The first-order valence-electron chi connectivity index (χ1n) is 2.81. The molecule has 0 saturated carbocycles. The van der Waals surface area contributed by atoms with Crippen LogP contribution in [0.3, 0.4) is 0 Å². The van der Waals surface area contributed by atoms with Gasteiger partial charge in [-0.3, -0.25) is 4.98 Å². The van der Waals surface area contributed by atoms with Gasteiger partial charge in [0, 0.05) is 6.20 Å². The maximum Gasteiger partial charge on any atom is 0.281 e. The fourth-order valence-electron chi connectivity index (χ4n) is 0.628. The van der Waals surface area contributed by atoms with E-state index < -0.39 is 12.1 Å². The zero-order valence-corrected chi connectivity index (χ0v) is 6.15. The van der Waals surface area contributed by atoms with Crippen molar-refractivity contribution in [2.75, 3.05) is 5.73 Å². The number of pyridine rings is 1. The Morgan fingerprint density at radius 3 is 2.64 bits per heavy atom. The van der Waals surface area contributed by atoms with Crippen molar-refractivity contribution in [2.45, 2.75) is 6.43 Å². The van der Waals surface area contributed by atoms with E-state index in [0.29, 0.717) is 0 Å². The fraction of sp³-hybridized carbons (Fsp3) is 0.167. The molecule has 0 bridgehead atoms. The summed E-state index contributed by atoms with van der Waals surface area (Å²) in [4.78, 5) is 3.38. The predicted octanol–water partition coefficient (Wildman–Crippen LogP) is 2.25. The molecule has 1 aromatic rings. The Morgan fingerprint density at radius 2 is 2.18 bits per heavy atom. The molecule has 5 heteroatoms. The van der Waals surface area contributed by atoms with Gasteiger partial charge in [-0.1, -0.05) is 11.6 Å². The molecule has 0 aliphatic heterocycles. The Morgan fingerprint density at radius 1 is 1.55 bits per heavy atom. The van der Waals surface area contributed by atoms with Crippen LogP contribution in [0.5, 0.6) is 0 Å². The van der Waals surface area contributed by atoms with Crippen LogP contribution in [0.4, 0.5) is 14.5 Å². The number of nitrogens with two attached hydrogens (primary N) is 1. The molecule has 1 rings (SSSR count). The van der Waals surface area contributed by atoms with Crippen molar-refractivity contribution in [1.29, 1.82) is 0 Å². The molecule has 0 fully saturated rings. The molecule has 0 saturated heterocycles. The number of hydrogen-bond acceptors (Lipinski definition) is 2. The van der Waals surface area contributed by atoms with Crippen LogP contribution >= 0.6 is 11.6 Å². The third kappa shape index (κ3) is 1.57. The molecular weight excluding hydrogens is 174 g/mol. The molecule has 0 spiro atoms. The molecule has 60 valence electrons. The van der Waals surface area contributed by atoms with Crippen molar-refractivity contribution < 1.29 is 8.78 Å². The average Bonchev–Trinajstić information content (AvgIpc) is 1.94. The predicted molar refractivity (Wildman–Crippen MR) is 38.6 cm³/mol. The van der Waals surface area contributed by atoms with E-state index in [1.54, 1.807) is 0 Å². The van der Waals surface area contributed by atoms with Crippen molar-refractivity contribution in [3.8, 4) is 0 Å². The molecule has 0 aliphatic rings. The van der Waals surface area contributed by atoms with Gasteiger partial charge in [0.15, 0.2) is 0 Å². The second-order valence-electron chi connectivity index (χ2n) is 1.90. The number of alkyl halides is 2. The van der Waals surface area contributed by atoms with Crippen LogP contribution in [0.2, 0.25) is 5.02 Å². The van der Waals surface area contributed by atoms with Crippen LogP contribution < -0.4 is 5.73 Å². The van der Waals surface area contributed by atoms with Crippen molar-refractivity contribution in [3.63, 3.8) is 0 Å².